The zero-order chi connectivity index (χ0) is 25.8. The number of pyridine rings is 2. The average Bonchev–Trinajstić information content (AvgIpc) is 3.35. The average molecular weight is 501 g/mol. The van der Waals surface area contributed by atoms with E-state index in [9.17, 15) is 0 Å². The molecule has 4 nitrogen and oxygen atoms in total. The number of dihydropyridines is 1. The van der Waals surface area contributed by atoms with E-state index in [0.29, 0.717) is 0 Å². The van der Waals surface area contributed by atoms with Crippen molar-refractivity contribution >= 4 is 33.8 Å². The van der Waals surface area contributed by atoms with Crippen LogP contribution in [0.3, 0.4) is 0 Å². The number of benzene rings is 3. The number of fused-ring (bicyclic) bond motifs is 6. The molecule has 0 saturated heterocycles. The Hall–Kier alpha value is -5.09. The van der Waals surface area contributed by atoms with Gasteiger partial charge in [0.15, 0.2) is 0 Å². The summed E-state index contributed by atoms with van der Waals surface area (Å²) in [6.07, 6.45) is 12.5. The van der Waals surface area contributed by atoms with Crippen LogP contribution in [0, 0.1) is 5.92 Å². The summed E-state index contributed by atoms with van der Waals surface area (Å²) in [5.74, 6) is 1.10. The van der Waals surface area contributed by atoms with Gasteiger partial charge in [0.25, 0.3) is 0 Å². The largest absolute Gasteiger partial charge is 0.278 e. The Kier molecular flexibility index (Phi) is 4.92. The summed E-state index contributed by atoms with van der Waals surface area (Å²) < 4.78 is 2.20. The van der Waals surface area contributed by atoms with Crippen LogP contribution in [-0.4, -0.2) is 20.4 Å². The summed E-state index contributed by atoms with van der Waals surface area (Å²) in [6, 6.07) is 34.2. The van der Waals surface area contributed by atoms with Gasteiger partial charge < -0.3 is 0 Å². The molecule has 6 aromatic rings. The first kappa shape index (κ1) is 21.9. The van der Waals surface area contributed by atoms with Gasteiger partial charge in [-0.3, -0.25) is 14.5 Å². The quantitative estimate of drug-likeness (QED) is 0.241. The molecule has 2 unspecified atom stereocenters. The van der Waals surface area contributed by atoms with E-state index in [1.165, 1.54) is 27.6 Å². The Morgan fingerprint density at radius 1 is 0.590 bits per heavy atom. The first-order chi connectivity index (χ1) is 19.3. The van der Waals surface area contributed by atoms with E-state index < -0.39 is 0 Å². The number of aromatic nitrogens is 3. The maximum atomic E-state index is 5.25. The summed E-state index contributed by atoms with van der Waals surface area (Å²) in [6.45, 7) is 0. The second-order valence-corrected chi connectivity index (χ2v) is 10.1. The van der Waals surface area contributed by atoms with Crippen molar-refractivity contribution in [3.05, 3.63) is 139 Å². The molecule has 184 valence electrons. The van der Waals surface area contributed by atoms with Crippen molar-refractivity contribution in [3.8, 4) is 22.3 Å². The molecule has 39 heavy (non-hydrogen) atoms. The Balaban J connectivity index is 1.25. The predicted octanol–water partition coefficient (Wildman–Crippen LogP) is 8.12. The molecule has 8 rings (SSSR count). The van der Waals surface area contributed by atoms with Crippen LogP contribution in [0.15, 0.2) is 133 Å². The first-order valence-electron chi connectivity index (χ1n) is 13.3. The maximum Gasteiger partial charge on any atom is 0.146 e. The number of allylic oxidation sites excluding steroid dienone is 1. The summed E-state index contributed by atoms with van der Waals surface area (Å²) in [7, 11) is 0. The molecule has 0 fully saturated rings. The molecule has 1 aliphatic carbocycles. The maximum absolute atomic E-state index is 5.25. The van der Waals surface area contributed by atoms with Crippen LogP contribution in [0.4, 0.5) is 0 Å². The van der Waals surface area contributed by atoms with Gasteiger partial charge >= 0.3 is 0 Å². The van der Waals surface area contributed by atoms with Gasteiger partial charge in [0.05, 0.1) is 11.2 Å². The second-order valence-electron chi connectivity index (χ2n) is 10.1. The molecular weight excluding hydrogens is 476 g/mol. The first-order valence-corrected chi connectivity index (χ1v) is 13.3. The highest BCUT2D eigenvalue weighted by Gasteiger charge is 2.29. The zero-order valence-corrected chi connectivity index (χ0v) is 21.1. The molecule has 1 aliphatic heterocycles. The third-order valence-corrected chi connectivity index (χ3v) is 7.83. The van der Waals surface area contributed by atoms with Crippen LogP contribution >= 0.6 is 0 Å². The van der Waals surface area contributed by atoms with Crippen molar-refractivity contribution in [1.29, 1.82) is 0 Å². The lowest BCUT2D eigenvalue weighted by Gasteiger charge is -2.27. The Labute approximate surface area is 226 Å². The van der Waals surface area contributed by atoms with Crippen molar-refractivity contribution in [2.75, 3.05) is 0 Å². The van der Waals surface area contributed by atoms with Crippen molar-refractivity contribution < 1.29 is 0 Å². The minimum absolute atomic E-state index is 0.0372. The summed E-state index contributed by atoms with van der Waals surface area (Å²) in [5, 5.41) is 2.29. The van der Waals surface area contributed by atoms with Crippen LogP contribution in [0.2, 0.25) is 0 Å². The summed E-state index contributed by atoms with van der Waals surface area (Å²) >= 11 is 0. The summed E-state index contributed by atoms with van der Waals surface area (Å²) in [5.41, 5.74) is 9.00. The molecule has 0 bridgehead atoms. The Morgan fingerprint density at radius 3 is 2.18 bits per heavy atom. The third-order valence-electron chi connectivity index (χ3n) is 7.83. The van der Waals surface area contributed by atoms with Gasteiger partial charge in [0.1, 0.15) is 17.5 Å². The van der Waals surface area contributed by atoms with E-state index in [0.717, 1.165) is 33.6 Å². The SMILES string of the molecule is C1=CC2C=Cc3cccnc3C2N=C1n1c2ccc(-c3ccc(-c4ccccc4)cc3)cc2c2cccnc21. The lowest BCUT2D eigenvalue weighted by atomic mass is 9.87. The molecule has 4 heterocycles. The van der Waals surface area contributed by atoms with Gasteiger partial charge in [0.2, 0.25) is 0 Å². The number of nitrogens with zero attached hydrogens (tertiary/aromatic N) is 4. The Morgan fingerprint density at radius 2 is 1.31 bits per heavy atom. The lowest BCUT2D eigenvalue weighted by Crippen LogP contribution is -2.22. The molecule has 2 atom stereocenters. The number of hydrogen-bond donors (Lipinski definition) is 0. The van der Waals surface area contributed by atoms with E-state index in [1.54, 1.807) is 0 Å². The highest BCUT2D eigenvalue weighted by Crippen LogP contribution is 2.38. The van der Waals surface area contributed by atoms with Crippen LogP contribution in [-0.2, 0) is 0 Å². The minimum atomic E-state index is -0.0372. The molecule has 0 radical (unpaired) electrons. The molecular formula is C35H24N4. The normalized spacial score (nSPS) is 17.7. The van der Waals surface area contributed by atoms with Gasteiger partial charge in [-0.15, -0.1) is 0 Å². The fraction of sp³-hybridized carbons (Fsp3) is 0.0571. The lowest BCUT2D eigenvalue weighted by molar-refractivity contribution is 0.588. The third kappa shape index (κ3) is 3.57. The molecule has 0 N–H and O–H groups in total. The van der Waals surface area contributed by atoms with Gasteiger partial charge in [-0.25, -0.2) is 4.98 Å². The monoisotopic (exact) mass is 500 g/mol. The van der Waals surface area contributed by atoms with Crippen LogP contribution < -0.4 is 0 Å². The fourth-order valence-electron chi connectivity index (χ4n) is 5.90. The van der Waals surface area contributed by atoms with Crippen molar-refractivity contribution in [3.63, 3.8) is 0 Å². The van der Waals surface area contributed by atoms with Gasteiger partial charge in [-0.1, -0.05) is 85.0 Å². The van der Waals surface area contributed by atoms with Crippen molar-refractivity contribution in [1.82, 2.24) is 14.5 Å². The van der Waals surface area contributed by atoms with Crippen LogP contribution in [0.5, 0.6) is 0 Å². The predicted molar refractivity (Wildman–Crippen MR) is 160 cm³/mol. The molecule has 0 amide bonds. The van der Waals surface area contributed by atoms with E-state index in [-0.39, 0.29) is 12.0 Å². The molecule has 0 spiro atoms. The van der Waals surface area contributed by atoms with Gasteiger partial charge in [-0.05, 0) is 64.2 Å². The van der Waals surface area contributed by atoms with Gasteiger partial charge in [-0.2, -0.15) is 0 Å². The highest BCUT2D eigenvalue weighted by atomic mass is 15.1. The number of hydrogen-bond acceptors (Lipinski definition) is 3. The second kappa shape index (κ2) is 8.74. The number of aliphatic imine (C=N–C) groups is 1. The molecule has 0 saturated carbocycles. The molecule has 4 heteroatoms. The zero-order valence-electron chi connectivity index (χ0n) is 21.1. The van der Waals surface area contributed by atoms with E-state index in [1.807, 2.05) is 30.6 Å². The molecule has 3 aromatic heterocycles. The molecule has 2 aliphatic rings. The topological polar surface area (TPSA) is 43.1 Å². The van der Waals surface area contributed by atoms with Crippen molar-refractivity contribution in [2.24, 2.45) is 10.9 Å². The van der Waals surface area contributed by atoms with Crippen molar-refractivity contribution in [2.45, 2.75) is 6.04 Å². The van der Waals surface area contributed by atoms with E-state index in [4.69, 9.17) is 15.0 Å². The Bertz CT molecular complexity index is 1960. The molecule has 3 aromatic carbocycles. The summed E-state index contributed by atoms with van der Waals surface area (Å²) in [4.78, 5) is 14.8. The standard InChI is InChI=1S/C35H24N4/c1-2-6-23(7-3-1)24-10-12-25(13-11-24)28-16-18-31-30(22-28)29-9-5-21-37-35(29)39(31)32-19-17-27-15-14-26-8-4-20-36-33(26)34(27)38-32/h1-22,27,34H. The van der Waals surface area contributed by atoms with E-state index >= 15 is 0 Å². The minimum Gasteiger partial charge on any atom is -0.278 e. The number of rotatable bonds is 2. The highest BCUT2D eigenvalue weighted by molar-refractivity contribution is 6.16. The van der Waals surface area contributed by atoms with Crippen LogP contribution in [0.1, 0.15) is 17.3 Å². The smallest absolute Gasteiger partial charge is 0.146 e. The van der Waals surface area contributed by atoms with E-state index in [2.05, 4.69) is 108 Å². The van der Waals surface area contributed by atoms with Crippen LogP contribution in [0.25, 0.3) is 50.3 Å². The van der Waals surface area contributed by atoms with Gasteiger partial charge in [0, 0.05) is 29.1 Å². The fourth-order valence-corrected chi connectivity index (χ4v) is 5.90.